The monoisotopic (exact) mass is 480 g/mol. The zero-order valence-corrected chi connectivity index (χ0v) is 21.2. The molecule has 2 aliphatic rings. The SMILES string of the molecule is C=CC(=O)N1CCN(c2nnc(OCCN(C)C)c3c2CN(Cc2cc(O)ccc2C)C3)[C@@H](C)C1. The summed E-state index contributed by atoms with van der Waals surface area (Å²) in [5.41, 5.74) is 4.45. The van der Waals surface area contributed by atoms with Gasteiger partial charge in [-0.05, 0) is 57.3 Å². The summed E-state index contributed by atoms with van der Waals surface area (Å²) in [6.07, 6.45) is 1.38. The zero-order chi connectivity index (χ0) is 25.1. The van der Waals surface area contributed by atoms with E-state index in [0.717, 1.165) is 41.2 Å². The van der Waals surface area contributed by atoms with Crippen LogP contribution in [0, 0.1) is 6.92 Å². The standard InChI is InChI=1S/C26H36N6O3/c1-6-24(34)31-9-10-32(19(3)14-31)25-22-16-30(15-20-13-21(33)8-7-18(20)2)17-23(22)26(28-27-25)35-12-11-29(4)5/h6-8,13,19,33H,1,9-12,14-17H2,2-5H3/t19-/m0/s1. The Morgan fingerprint density at radius 3 is 2.74 bits per heavy atom. The number of carbonyl (C=O) groups is 1. The van der Waals surface area contributed by atoms with Crippen molar-refractivity contribution in [2.24, 2.45) is 0 Å². The third-order valence-electron chi connectivity index (χ3n) is 6.78. The number of nitrogens with zero attached hydrogens (tertiary/aromatic N) is 6. The summed E-state index contributed by atoms with van der Waals surface area (Å²) in [5, 5.41) is 19.1. The van der Waals surface area contributed by atoms with E-state index < -0.39 is 0 Å². The number of likely N-dealkylation sites (N-methyl/N-ethyl adjacent to an activating group) is 1. The van der Waals surface area contributed by atoms with E-state index in [-0.39, 0.29) is 17.7 Å². The summed E-state index contributed by atoms with van der Waals surface area (Å²) in [7, 11) is 4.03. The van der Waals surface area contributed by atoms with Crippen LogP contribution in [0.15, 0.2) is 30.9 Å². The average molecular weight is 481 g/mol. The molecule has 2 aliphatic heterocycles. The molecule has 35 heavy (non-hydrogen) atoms. The molecule has 9 heteroatoms. The molecule has 1 aromatic carbocycles. The second-order valence-electron chi connectivity index (χ2n) is 9.72. The van der Waals surface area contributed by atoms with Crippen LogP contribution in [0.2, 0.25) is 0 Å². The van der Waals surface area contributed by atoms with Crippen LogP contribution in [0.1, 0.15) is 29.2 Å². The number of phenols is 1. The molecule has 1 aromatic heterocycles. The summed E-state index contributed by atoms with van der Waals surface area (Å²) in [6.45, 7) is 13.2. The molecule has 1 fully saturated rings. The van der Waals surface area contributed by atoms with Crippen molar-refractivity contribution in [1.29, 1.82) is 0 Å². The van der Waals surface area contributed by atoms with E-state index in [4.69, 9.17) is 4.74 Å². The number of ether oxygens (including phenoxy) is 1. The third kappa shape index (κ3) is 5.57. The molecule has 0 unspecified atom stereocenters. The number of aromatic hydroxyl groups is 1. The number of aromatic nitrogens is 2. The minimum Gasteiger partial charge on any atom is -0.508 e. The van der Waals surface area contributed by atoms with E-state index in [1.165, 1.54) is 6.08 Å². The lowest BCUT2D eigenvalue weighted by Crippen LogP contribution is -2.54. The van der Waals surface area contributed by atoms with Crippen LogP contribution in [0.4, 0.5) is 5.82 Å². The molecule has 1 atom stereocenters. The van der Waals surface area contributed by atoms with Crippen molar-refractivity contribution in [3.63, 3.8) is 0 Å². The van der Waals surface area contributed by atoms with Crippen LogP contribution >= 0.6 is 0 Å². The van der Waals surface area contributed by atoms with Crippen LogP contribution in [-0.4, -0.2) is 88.8 Å². The summed E-state index contributed by atoms with van der Waals surface area (Å²) in [5.74, 6) is 1.70. The van der Waals surface area contributed by atoms with Crippen molar-refractivity contribution in [2.45, 2.75) is 39.5 Å². The van der Waals surface area contributed by atoms with Gasteiger partial charge in [0.05, 0.1) is 0 Å². The molecule has 0 saturated carbocycles. The maximum absolute atomic E-state index is 12.1. The van der Waals surface area contributed by atoms with Crippen molar-refractivity contribution < 1.29 is 14.6 Å². The molecule has 0 aliphatic carbocycles. The second kappa shape index (κ2) is 10.6. The minimum absolute atomic E-state index is 0.0369. The third-order valence-corrected chi connectivity index (χ3v) is 6.78. The molecular weight excluding hydrogens is 444 g/mol. The normalized spacial score (nSPS) is 18.1. The predicted molar refractivity (Wildman–Crippen MR) is 135 cm³/mol. The van der Waals surface area contributed by atoms with Crippen LogP contribution in [0.5, 0.6) is 11.6 Å². The lowest BCUT2D eigenvalue weighted by molar-refractivity contribution is -0.126. The first-order valence-corrected chi connectivity index (χ1v) is 12.1. The molecule has 1 saturated heterocycles. The number of amides is 1. The number of carbonyl (C=O) groups excluding carboxylic acids is 1. The van der Waals surface area contributed by atoms with Gasteiger partial charge in [-0.25, -0.2) is 0 Å². The Bertz CT molecular complexity index is 1090. The van der Waals surface area contributed by atoms with Gasteiger partial charge in [0, 0.05) is 63.0 Å². The van der Waals surface area contributed by atoms with Crippen LogP contribution in [0.3, 0.4) is 0 Å². The van der Waals surface area contributed by atoms with E-state index in [9.17, 15) is 9.90 Å². The van der Waals surface area contributed by atoms with Gasteiger partial charge in [-0.1, -0.05) is 12.6 Å². The molecule has 0 spiro atoms. The number of rotatable bonds is 8. The fourth-order valence-electron chi connectivity index (χ4n) is 4.76. The summed E-state index contributed by atoms with van der Waals surface area (Å²) in [4.78, 5) is 20.6. The molecule has 0 radical (unpaired) electrons. The van der Waals surface area contributed by atoms with Crippen molar-refractivity contribution in [1.82, 2.24) is 24.9 Å². The Kier molecular flexibility index (Phi) is 7.57. The smallest absolute Gasteiger partial charge is 0.246 e. The minimum atomic E-state index is -0.0369. The molecule has 0 bridgehead atoms. The molecule has 1 N–H and O–H groups in total. The summed E-state index contributed by atoms with van der Waals surface area (Å²) < 4.78 is 6.07. The summed E-state index contributed by atoms with van der Waals surface area (Å²) in [6, 6.07) is 5.61. The fourth-order valence-corrected chi connectivity index (χ4v) is 4.76. The Morgan fingerprint density at radius 2 is 2.03 bits per heavy atom. The van der Waals surface area contributed by atoms with Gasteiger partial charge in [-0.3, -0.25) is 9.69 Å². The fraction of sp³-hybridized carbons (Fsp3) is 0.500. The molecule has 188 valence electrons. The number of fused-ring (bicyclic) bond motifs is 1. The highest BCUT2D eigenvalue weighted by molar-refractivity contribution is 5.87. The number of aryl methyl sites for hydroxylation is 1. The van der Waals surface area contributed by atoms with E-state index in [1.807, 2.05) is 31.1 Å². The van der Waals surface area contributed by atoms with Crippen molar-refractivity contribution >= 4 is 11.7 Å². The highest BCUT2D eigenvalue weighted by Gasteiger charge is 2.34. The number of piperazine rings is 1. The van der Waals surface area contributed by atoms with Gasteiger partial charge in [0.25, 0.3) is 0 Å². The van der Waals surface area contributed by atoms with Crippen LogP contribution in [0.25, 0.3) is 0 Å². The molecule has 4 rings (SSSR count). The number of anilines is 1. The van der Waals surface area contributed by atoms with E-state index >= 15 is 0 Å². The van der Waals surface area contributed by atoms with Gasteiger partial charge in [0.1, 0.15) is 12.4 Å². The maximum atomic E-state index is 12.1. The first-order chi connectivity index (χ1) is 16.8. The largest absolute Gasteiger partial charge is 0.508 e. The average Bonchev–Trinajstić information content (AvgIpc) is 3.25. The van der Waals surface area contributed by atoms with Gasteiger partial charge in [-0.15, -0.1) is 10.2 Å². The number of phenolic OH excluding ortho intramolecular Hbond substituents is 1. The topological polar surface area (TPSA) is 85.3 Å². The second-order valence-corrected chi connectivity index (χ2v) is 9.72. The quantitative estimate of drug-likeness (QED) is 0.576. The predicted octanol–water partition coefficient (Wildman–Crippen LogP) is 2.17. The van der Waals surface area contributed by atoms with Gasteiger partial charge in [0.2, 0.25) is 11.8 Å². The van der Waals surface area contributed by atoms with Crippen LogP contribution in [-0.2, 0) is 24.4 Å². The lowest BCUT2D eigenvalue weighted by Gasteiger charge is -2.40. The Hall–Kier alpha value is -3.17. The van der Waals surface area contributed by atoms with Crippen molar-refractivity contribution in [3.05, 3.63) is 53.1 Å². The summed E-state index contributed by atoms with van der Waals surface area (Å²) >= 11 is 0. The van der Waals surface area contributed by atoms with E-state index in [1.54, 1.807) is 6.07 Å². The van der Waals surface area contributed by atoms with Crippen molar-refractivity contribution in [3.8, 4) is 11.6 Å². The van der Waals surface area contributed by atoms with Gasteiger partial charge in [-0.2, -0.15) is 0 Å². The zero-order valence-electron chi connectivity index (χ0n) is 21.2. The molecular formula is C26H36N6O3. The van der Waals surface area contributed by atoms with Gasteiger partial charge >= 0.3 is 0 Å². The Morgan fingerprint density at radius 1 is 1.26 bits per heavy atom. The highest BCUT2D eigenvalue weighted by atomic mass is 16.5. The first kappa shape index (κ1) is 24.9. The highest BCUT2D eigenvalue weighted by Crippen LogP contribution is 2.37. The Balaban J connectivity index is 1.59. The van der Waals surface area contributed by atoms with E-state index in [2.05, 4.69) is 45.3 Å². The van der Waals surface area contributed by atoms with Crippen molar-refractivity contribution in [2.75, 3.05) is 51.8 Å². The number of hydrogen-bond acceptors (Lipinski definition) is 8. The van der Waals surface area contributed by atoms with Crippen LogP contribution < -0.4 is 9.64 Å². The van der Waals surface area contributed by atoms with Gasteiger partial charge in [0.15, 0.2) is 5.82 Å². The Labute approximate surface area is 207 Å². The molecule has 1 amide bonds. The number of hydrogen-bond donors (Lipinski definition) is 1. The maximum Gasteiger partial charge on any atom is 0.246 e. The number of benzene rings is 1. The molecule has 9 nitrogen and oxygen atoms in total. The van der Waals surface area contributed by atoms with E-state index in [0.29, 0.717) is 45.2 Å². The van der Waals surface area contributed by atoms with Gasteiger partial charge < -0.3 is 24.5 Å². The molecule has 2 aromatic rings. The first-order valence-electron chi connectivity index (χ1n) is 12.1. The molecule has 3 heterocycles. The lowest BCUT2D eigenvalue weighted by atomic mass is 10.1.